The van der Waals surface area contributed by atoms with Crippen molar-refractivity contribution in [2.24, 2.45) is 5.73 Å². The van der Waals surface area contributed by atoms with Crippen molar-refractivity contribution in [2.45, 2.75) is 32.2 Å². The molecule has 1 atom stereocenters. The van der Waals surface area contributed by atoms with Gasteiger partial charge in [0.05, 0.1) is 0 Å². The van der Waals surface area contributed by atoms with Crippen molar-refractivity contribution in [1.29, 1.82) is 0 Å². The molecule has 0 aromatic heterocycles. The van der Waals surface area contributed by atoms with Crippen LogP contribution in [0.1, 0.15) is 32.3 Å². The zero-order chi connectivity index (χ0) is 9.90. The van der Waals surface area contributed by atoms with Crippen LogP contribution >= 0.6 is 11.6 Å². The highest BCUT2D eigenvalue weighted by molar-refractivity contribution is 6.31. The molecular formula is C11H16ClN. The lowest BCUT2D eigenvalue weighted by molar-refractivity contribution is 0.447. The molecule has 0 bridgehead atoms. The van der Waals surface area contributed by atoms with Gasteiger partial charge in [-0.1, -0.05) is 43.1 Å². The summed E-state index contributed by atoms with van der Waals surface area (Å²) in [5.41, 5.74) is 6.91. The zero-order valence-electron chi connectivity index (χ0n) is 8.18. The van der Waals surface area contributed by atoms with Gasteiger partial charge in [-0.2, -0.15) is 0 Å². The molecule has 0 spiro atoms. The summed E-state index contributed by atoms with van der Waals surface area (Å²) >= 11 is 6.06. The average molecular weight is 198 g/mol. The molecule has 72 valence electrons. The summed E-state index contributed by atoms with van der Waals surface area (Å²) in [5, 5.41) is 0.765. The molecule has 0 heterocycles. The Bertz CT molecular complexity index is 281. The second-order valence-electron chi connectivity index (χ2n) is 3.65. The Morgan fingerprint density at radius 1 is 1.38 bits per heavy atom. The number of rotatable bonds is 3. The molecule has 2 N–H and O–H groups in total. The second-order valence-corrected chi connectivity index (χ2v) is 4.05. The fraction of sp³-hybridized carbons (Fsp3) is 0.455. The highest BCUT2D eigenvalue weighted by Gasteiger charge is 2.21. The van der Waals surface area contributed by atoms with Gasteiger partial charge in [0.25, 0.3) is 0 Å². The molecule has 0 aliphatic carbocycles. The molecule has 13 heavy (non-hydrogen) atoms. The summed E-state index contributed by atoms with van der Waals surface area (Å²) in [7, 11) is 0. The van der Waals surface area contributed by atoms with Gasteiger partial charge in [0.1, 0.15) is 0 Å². The van der Waals surface area contributed by atoms with Crippen molar-refractivity contribution >= 4 is 11.6 Å². The Kier molecular flexibility index (Phi) is 3.34. The van der Waals surface area contributed by atoms with Crippen molar-refractivity contribution < 1.29 is 0 Å². The summed E-state index contributed by atoms with van der Waals surface area (Å²) in [6, 6.07) is 7.78. The smallest absolute Gasteiger partial charge is 0.0456 e. The van der Waals surface area contributed by atoms with Gasteiger partial charge in [-0.25, -0.2) is 0 Å². The number of hydrogen-bond acceptors (Lipinski definition) is 1. The van der Waals surface area contributed by atoms with E-state index >= 15 is 0 Å². The van der Waals surface area contributed by atoms with Crippen LogP contribution < -0.4 is 5.73 Å². The van der Waals surface area contributed by atoms with Crippen molar-refractivity contribution in [1.82, 2.24) is 0 Å². The third kappa shape index (κ3) is 2.45. The standard InChI is InChI=1S/C11H16ClN/c1-3-8-11(2,13)9-6-4-5-7-10(9)12/h4-7H,3,8,13H2,1-2H3. The van der Waals surface area contributed by atoms with E-state index in [9.17, 15) is 0 Å². The molecule has 0 aliphatic heterocycles. The van der Waals surface area contributed by atoms with Crippen molar-refractivity contribution in [3.8, 4) is 0 Å². The Hall–Kier alpha value is -0.530. The molecule has 0 saturated heterocycles. The predicted octanol–water partition coefficient (Wildman–Crippen LogP) is 3.31. The molecule has 0 fully saturated rings. The molecule has 1 aromatic carbocycles. The lowest BCUT2D eigenvalue weighted by atomic mass is 9.89. The molecule has 1 nitrogen and oxygen atoms in total. The van der Waals surface area contributed by atoms with E-state index < -0.39 is 0 Å². The van der Waals surface area contributed by atoms with E-state index in [0.717, 1.165) is 23.4 Å². The van der Waals surface area contributed by atoms with Crippen LogP contribution in [0.2, 0.25) is 5.02 Å². The quantitative estimate of drug-likeness (QED) is 0.791. The Morgan fingerprint density at radius 3 is 2.54 bits per heavy atom. The maximum absolute atomic E-state index is 6.16. The first kappa shape index (κ1) is 10.6. The predicted molar refractivity (Wildman–Crippen MR) is 57.9 cm³/mol. The van der Waals surface area contributed by atoms with Gasteiger partial charge in [-0.15, -0.1) is 0 Å². The highest BCUT2D eigenvalue weighted by Crippen LogP contribution is 2.28. The van der Waals surface area contributed by atoms with E-state index in [1.54, 1.807) is 0 Å². The van der Waals surface area contributed by atoms with Gasteiger partial charge >= 0.3 is 0 Å². The van der Waals surface area contributed by atoms with Crippen LogP contribution in [0.5, 0.6) is 0 Å². The van der Waals surface area contributed by atoms with Crippen LogP contribution in [0.25, 0.3) is 0 Å². The second kappa shape index (κ2) is 4.12. The SMILES string of the molecule is CCCC(C)(N)c1ccccc1Cl. The Labute approximate surface area is 84.9 Å². The van der Waals surface area contributed by atoms with Crippen LogP contribution in [0, 0.1) is 0 Å². The molecule has 0 radical (unpaired) electrons. The van der Waals surface area contributed by atoms with E-state index in [4.69, 9.17) is 17.3 Å². The fourth-order valence-corrected chi connectivity index (χ4v) is 1.93. The molecule has 1 unspecified atom stereocenters. The largest absolute Gasteiger partial charge is 0.322 e. The van der Waals surface area contributed by atoms with E-state index in [1.165, 1.54) is 0 Å². The summed E-state index contributed by atoms with van der Waals surface area (Å²) in [5.74, 6) is 0. The molecule has 0 amide bonds. The minimum Gasteiger partial charge on any atom is -0.322 e. The molecule has 0 aliphatic rings. The van der Waals surface area contributed by atoms with E-state index in [2.05, 4.69) is 6.92 Å². The van der Waals surface area contributed by atoms with Crippen molar-refractivity contribution in [3.63, 3.8) is 0 Å². The lowest BCUT2D eigenvalue weighted by Crippen LogP contribution is -2.32. The normalized spacial score (nSPS) is 15.4. The number of nitrogens with two attached hydrogens (primary N) is 1. The number of halogens is 1. The van der Waals surface area contributed by atoms with E-state index in [1.807, 2.05) is 31.2 Å². The third-order valence-corrected chi connectivity index (χ3v) is 2.59. The minimum atomic E-state index is -0.299. The molecular weight excluding hydrogens is 182 g/mol. The first-order valence-corrected chi connectivity index (χ1v) is 4.99. The van der Waals surface area contributed by atoms with Gasteiger partial charge in [0, 0.05) is 10.6 Å². The summed E-state index contributed by atoms with van der Waals surface area (Å²) in [6.45, 7) is 4.15. The Morgan fingerprint density at radius 2 is 2.00 bits per heavy atom. The third-order valence-electron chi connectivity index (χ3n) is 2.26. The molecule has 1 rings (SSSR count). The first-order chi connectivity index (χ1) is 6.08. The maximum Gasteiger partial charge on any atom is 0.0456 e. The molecule has 0 saturated carbocycles. The van der Waals surface area contributed by atoms with Gasteiger partial charge in [-0.05, 0) is 25.0 Å². The van der Waals surface area contributed by atoms with E-state index in [0.29, 0.717) is 0 Å². The van der Waals surface area contributed by atoms with Gasteiger partial charge in [0.2, 0.25) is 0 Å². The van der Waals surface area contributed by atoms with Crippen molar-refractivity contribution in [2.75, 3.05) is 0 Å². The van der Waals surface area contributed by atoms with Crippen LogP contribution in [0.3, 0.4) is 0 Å². The summed E-state index contributed by atoms with van der Waals surface area (Å²) < 4.78 is 0. The van der Waals surface area contributed by atoms with Crippen LogP contribution in [-0.2, 0) is 5.54 Å². The lowest BCUT2D eigenvalue weighted by Gasteiger charge is -2.25. The Balaban J connectivity index is 2.99. The molecule has 2 heteroatoms. The topological polar surface area (TPSA) is 26.0 Å². The van der Waals surface area contributed by atoms with Crippen LogP contribution in [-0.4, -0.2) is 0 Å². The number of hydrogen-bond donors (Lipinski definition) is 1. The van der Waals surface area contributed by atoms with Gasteiger partial charge < -0.3 is 5.73 Å². The van der Waals surface area contributed by atoms with Crippen LogP contribution in [0.15, 0.2) is 24.3 Å². The zero-order valence-corrected chi connectivity index (χ0v) is 8.93. The summed E-state index contributed by atoms with van der Waals surface area (Å²) in [6.07, 6.45) is 2.02. The average Bonchev–Trinajstić information content (AvgIpc) is 2.04. The first-order valence-electron chi connectivity index (χ1n) is 4.62. The van der Waals surface area contributed by atoms with Crippen LogP contribution in [0.4, 0.5) is 0 Å². The maximum atomic E-state index is 6.16. The van der Waals surface area contributed by atoms with Crippen molar-refractivity contribution in [3.05, 3.63) is 34.9 Å². The monoisotopic (exact) mass is 197 g/mol. The van der Waals surface area contributed by atoms with Gasteiger partial charge in [-0.3, -0.25) is 0 Å². The van der Waals surface area contributed by atoms with Gasteiger partial charge in [0.15, 0.2) is 0 Å². The van der Waals surface area contributed by atoms with E-state index in [-0.39, 0.29) is 5.54 Å². The highest BCUT2D eigenvalue weighted by atomic mass is 35.5. The number of benzene rings is 1. The molecule has 1 aromatic rings. The fourth-order valence-electron chi connectivity index (χ4n) is 1.58. The minimum absolute atomic E-state index is 0.299. The summed E-state index contributed by atoms with van der Waals surface area (Å²) in [4.78, 5) is 0.